The van der Waals surface area contributed by atoms with Gasteiger partial charge in [0, 0.05) is 6.54 Å². The summed E-state index contributed by atoms with van der Waals surface area (Å²) < 4.78 is 5.21. The molecule has 1 aliphatic heterocycles. The first-order chi connectivity index (χ1) is 8.06. The highest BCUT2D eigenvalue weighted by Crippen LogP contribution is 2.13. The Labute approximate surface area is 101 Å². The molecule has 1 amide bonds. The highest BCUT2D eigenvalue weighted by atomic mass is 16.5. The van der Waals surface area contributed by atoms with Crippen molar-refractivity contribution in [2.45, 2.75) is 38.3 Å². The molecule has 1 heterocycles. The molecule has 2 atom stereocenters. The minimum Gasteiger partial charge on any atom is -0.481 e. The zero-order valence-electron chi connectivity index (χ0n) is 10.1. The van der Waals surface area contributed by atoms with Gasteiger partial charge in [-0.3, -0.25) is 9.59 Å². The monoisotopic (exact) mass is 244 g/mol. The molecule has 0 aromatic heterocycles. The number of nitrogens with two attached hydrogens (primary N) is 1. The Hall–Kier alpha value is -1.14. The summed E-state index contributed by atoms with van der Waals surface area (Å²) in [7, 11) is 0. The Morgan fingerprint density at radius 1 is 1.59 bits per heavy atom. The summed E-state index contributed by atoms with van der Waals surface area (Å²) in [4.78, 5) is 24.3. The molecule has 0 bridgehead atoms. The van der Waals surface area contributed by atoms with Crippen LogP contribution >= 0.6 is 0 Å². The van der Waals surface area contributed by atoms with E-state index >= 15 is 0 Å². The van der Waals surface area contributed by atoms with Crippen LogP contribution in [0.5, 0.6) is 0 Å². The maximum atomic E-state index is 12.0. The third kappa shape index (κ3) is 3.98. The van der Waals surface area contributed by atoms with Crippen LogP contribution in [0, 0.1) is 0 Å². The Bertz CT molecular complexity index is 283. The predicted molar refractivity (Wildman–Crippen MR) is 61.5 cm³/mol. The van der Waals surface area contributed by atoms with Gasteiger partial charge in [0.15, 0.2) is 0 Å². The highest BCUT2D eigenvalue weighted by Gasteiger charge is 2.31. The molecule has 0 saturated carbocycles. The van der Waals surface area contributed by atoms with Gasteiger partial charge in [-0.05, 0) is 6.42 Å². The number of nitrogens with zero attached hydrogens (tertiary/aromatic N) is 1. The Kier molecular flexibility index (Phi) is 5.37. The van der Waals surface area contributed by atoms with Crippen LogP contribution in [0.4, 0.5) is 0 Å². The fourth-order valence-corrected chi connectivity index (χ4v) is 1.96. The van der Waals surface area contributed by atoms with Gasteiger partial charge in [-0.1, -0.05) is 13.3 Å². The van der Waals surface area contributed by atoms with E-state index in [0.717, 1.165) is 6.42 Å². The van der Waals surface area contributed by atoms with E-state index in [4.69, 9.17) is 15.6 Å². The van der Waals surface area contributed by atoms with Crippen molar-refractivity contribution in [1.29, 1.82) is 0 Å². The molecule has 3 N–H and O–H groups in total. The smallest absolute Gasteiger partial charge is 0.305 e. The molecule has 0 aromatic rings. The van der Waals surface area contributed by atoms with Crippen molar-refractivity contribution in [3.63, 3.8) is 0 Å². The highest BCUT2D eigenvalue weighted by molar-refractivity contribution is 5.82. The second-order valence-corrected chi connectivity index (χ2v) is 4.25. The van der Waals surface area contributed by atoms with Gasteiger partial charge < -0.3 is 20.5 Å². The van der Waals surface area contributed by atoms with Crippen LogP contribution in [0.25, 0.3) is 0 Å². The van der Waals surface area contributed by atoms with Crippen molar-refractivity contribution in [1.82, 2.24) is 4.90 Å². The first-order valence-electron chi connectivity index (χ1n) is 5.91. The van der Waals surface area contributed by atoms with Gasteiger partial charge in [0.1, 0.15) is 0 Å². The number of aliphatic carboxylic acids is 1. The summed E-state index contributed by atoms with van der Waals surface area (Å²) in [5.74, 6) is -1.09. The van der Waals surface area contributed by atoms with E-state index in [9.17, 15) is 9.59 Å². The van der Waals surface area contributed by atoms with Gasteiger partial charge in [-0.2, -0.15) is 0 Å². The number of hydrogen-bond donors (Lipinski definition) is 2. The SMILES string of the molecule is CCCC(N)C(=O)N1CCOCC1CC(=O)O. The predicted octanol–water partition coefficient (Wildman–Crippen LogP) is -0.184. The molecule has 1 aliphatic rings. The van der Waals surface area contributed by atoms with E-state index in [1.807, 2.05) is 6.92 Å². The first kappa shape index (κ1) is 13.9. The lowest BCUT2D eigenvalue weighted by Gasteiger charge is -2.36. The number of ether oxygens (including phenoxy) is 1. The van der Waals surface area contributed by atoms with E-state index in [0.29, 0.717) is 19.6 Å². The molecule has 1 saturated heterocycles. The van der Waals surface area contributed by atoms with Gasteiger partial charge in [0.05, 0.1) is 31.7 Å². The van der Waals surface area contributed by atoms with E-state index in [2.05, 4.69) is 0 Å². The minimum absolute atomic E-state index is 0.0927. The fourth-order valence-electron chi connectivity index (χ4n) is 1.96. The molecule has 0 radical (unpaired) electrons. The number of hydrogen-bond acceptors (Lipinski definition) is 4. The number of morpholine rings is 1. The normalized spacial score (nSPS) is 22.2. The first-order valence-corrected chi connectivity index (χ1v) is 5.91. The molecular formula is C11H20N2O4. The molecular weight excluding hydrogens is 224 g/mol. The standard InChI is InChI=1S/C11H20N2O4/c1-2-3-9(12)11(16)13-4-5-17-7-8(13)6-10(14)15/h8-9H,2-7,12H2,1H3,(H,14,15). The average Bonchev–Trinajstić information content (AvgIpc) is 2.28. The lowest BCUT2D eigenvalue weighted by Crippen LogP contribution is -2.54. The van der Waals surface area contributed by atoms with Gasteiger partial charge in [-0.25, -0.2) is 0 Å². The molecule has 1 rings (SSSR count). The number of amides is 1. The molecule has 0 aromatic carbocycles. The van der Waals surface area contributed by atoms with Crippen LogP contribution in [-0.2, 0) is 14.3 Å². The van der Waals surface area contributed by atoms with E-state index < -0.39 is 18.1 Å². The van der Waals surface area contributed by atoms with Gasteiger partial charge in [-0.15, -0.1) is 0 Å². The topological polar surface area (TPSA) is 92.9 Å². The third-order valence-corrected chi connectivity index (χ3v) is 2.84. The van der Waals surface area contributed by atoms with Gasteiger partial charge in [0.25, 0.3) is 0 Å². The third-order valence-electron chi connectivity index (χ3n) is 2.84. The second-order valence-electron chi connectivity index (χ2n) is 4.25. The van der Waals surface area contributed by atoms with Crippen molar-refractivity contribution in [3.8, 4) is 0 Å². The van der Waals surface area contributed by atoms with Gasteiger partial charge in [0.2, 0.25) is 5.91 Å². The van der Waals surface area contributed by atoms with Crippen LogP contribution in [0.3, 0.4) is 0 Å². The van der Waals surface area contributed by atoms with Crippen molar-refractivity contribution in [3.05, 3.63) is 0 Å². The molecule has 6 nitrogen and oxygen atoms in total. The number of carboxylic acids is 1. The molecule has 0 aliphatic carbocycles. The summed E-state index contributed by atoms with van der Waals surface area (Å²) in [5, 5.41) is 8.78. The number of carbonyl (C=O) groups excluding carboxylic acids is 1. The summed E-state index contributed by atoms with van der Waals surface area (Å²) in [6.45, 7) is 3.10. The lowest BCUT2D eigenvalue weighted by atomic mass is 10.1. The van der Waals surface area contributed by atoms with E-state index in [1.165, 1.54) is 0 Å². The lowest BCUT2D eigenvalue weighted by molar-refractivity contribution is -0.147. The summed E-state index contributed by atoms with van der Waals surface area (Å²) in [6.07, 6.45) is 1.36. The minimum atomic E-state index is -0.928. The van der Waals surface area contributed by atoms with Crippen molar-refractivity contribution < 1.29 is 19.4 Å². The zero-order valence-corrected chi connectivity index (χ0v) is 10.1. The fraction of sp³-hybridized carbons (Fsp3) is 0.818. The molecule has 0 spiro atoms. The van der Waals surface area contributed by atoms with Crippen molar-refractivity contribution >= 4 is 11.9 Å². The van der Waals surface area contributed by atoms with E-state index in [1.54, 1.807) is 4.90 Å². The second kappa shape index (κ2) is 6.56. The molecule has 1 fully saturated rings. The Morgan fingerprint density at radius 3 is 2.88 bits per heavy atom. The van der Waals surface area contributed by atoms with Crippen LogP contribution in [0.1, 0.15) is 26.2 Å². The number of rotatable bonds is 5. The zero-order chi connectivity index (χ0) is 12.8. The van der Waals surface area contributed by atoms with Crippen LogP contribution in [-0.4, -0.2) is 53.7 Å². The number of carbonyl (C=O) groups is 2. The maximum absolute atomic E-state index is 12.0. The van der Waals surface area contributed by atoms with Crippen LogP contribution in [0.2, 0.25) is 0 Å². The quantitative estimate of drug-likeness (QED) is 0.699. The van der Waals surface area contributed by atoms with Gasteiger partial charge >= 0.3 is 5.97 Å². The van der Waals surface area contributed by atoms with E-state index in [-0.39, 0.29) is 18.9 Å². The average molecular weight is 244 g/mol. The molecule has 98 valence electrons. The number of carboxylic acid groups (broad SMARTS) is 1. The maximum Gasteiger partial charge on any atom is 0.305 e. The van der Waals surface area contributed by atoms with Crippen molar-refractivity contribution in [2.24, 2.45) is 5.73 Å². The Balaban J connectivity index is 2.63. The van der Waals surface area contributed by atoms with Crippen LogP contribution in [0.15, 0.2) is 0 Å². The molecule has 17 heavy (non-hydrogen) atoms. The largest absolute Gasteiger partial charge is 0.481 e. The molecule has 2 unspecified atom stereocenters. The van der Waals surface area contributed by atoms with Crippen molar-refractivity contribution in [2.75, 3.05) is 19.8 Å². The Morgan fingerprint density at radius 2 is 2.29 bits per heavy atom. The van der Waals surface area contributed by atoms with Crippen LogP contribution < -0.4 is 5.73 Å². The summed E-state index contributed by atoms with van der Waals surface area (Å²) >= 11 is 0. The summed E-state index contributed by atoms with van der Waals surface area (Å²) in [6, 6.07) is -0.925. The summed E-state index contributed by atoms with van der Waals surface area (Å²) in [5.41, 5.74) is 5.77. The molecule has 6 heteroatoms.